The lowest BCUT2D eigenvalue weighted by Crippen LogP contribution is -2.17. The van der Waals surface area contributed by atoms with Gasteiger partial charge in [-0.25, -0.2) is 0 Å². The SMILES string of the molecule is Cc1cc(Cn2ccc3ccc(CC(C)N)cc32)n(C)n1. The number of fused-ring (bicyclic) bond motifs is 1. The van der Waals surface area contributed by atoms with Crippen LogP contribution in [0.1, 0.15) is 23.9 Å². The zero-order valence-corrected chi connectivity index (χ0v) is 12.9. The second-order valence-electron chi connectivity index (χ2n) is 5.92. The summed E-state index contributed by atoms with van der Waals surface area (Å²) >= 11 is 0. The van der Waals surface area contributed by atoms with Crippen molar-refractivity contribution in [1.29, 1.82) is 0 Å². The molecular weight excluding hydrogens is 260 g/mol. The highest BCUT2D eigenvalue weighted by Crippen LogP contribution is 2.20. The van der Waals surface area contributed by atoms with E-state index in [1.54, 1.807) is 0 Å². The molecular formula is C17H22N4. The number of rotatable bonds is 4. The van der Waals surface area contributed by atoms with Crippen molar-refractivity contribution < 1.29 is 0 Å². The molecule has 2 heterocycles. The molecule has 3 rings (SSSR count). The van der Waals surface area contributed by atoms with E-state index in [0.717, 1.165) is 18.7 Å². The van der Waals surface area contributed by atoms with E-state index in [0.29, 0.717) is 0 Å². The third-order valence-electron chi connectivity index (χ3n) is 3.83. The fourth-order valence-corrected chi connectivity index (χ4v) is 2.85. The second kappa shape index (κ2) is 5.37. The van der Waals surface area contributed by atoms with Gasteiger partial charge in [-0.05, 0) is 49.4 Å². The molecule has 0 radical (unpaired) electrons. The molecule has 0 saturated heterocycles. The van der Waals surface area contributed by atoms with E-state index in [9.17, 15) is 0 Å². The maximum atomic E-state index is 5.91. The summed E-state index contributed by atoms with van der Waals surface area (Å²) in [6, 6.07) is 11.1. The summed E-state index contributed by atoms with van der Waals surface area (Å²) in [5, 5.41) is 5.68. The molecule has 1 unspecified atom stereocenters. The first-order valence-corrected chi connectivity index (χ1v) is 7.36. The lowest BCUT2D eigenvalue weighted by atomic mass is 10.1. The highest BCUT2D eigenvalue weighted by atomic mass is 15.3. The quantitative estimate of drug-likeness (QED) is 0.799. The molecule has 0 bridgehead atoms. The predicted molar refractivity (Wildman–Crippen MR) is 86.3 cm³/mol. The summed E-state index contributed by atoms with van der Waals surface area (Å²) in [6.07, 6.45) is 3.05. The Morgan fingerprint density at radius 2 is 2.05 bits per heavy atom. The van der Waals surface area contributed by atoms with Crippen molar-refractivity contribution >= 4 is 10.9 Å². The van der Waals surface area contributed by atoms with Crippen molar-refractivity contribution in [2.45, 2.75) is 32.9 Å². The van der Waals surface area contributed by atoms with Crippen LogP contribution in [0.15, 0.2) is 36.5 Å². The molecule has 1 aromatic carbocycles. The molecule has 4 heteroatoms. The molecule has 21 heavy (non-hydrogen) atoms. The second-order valence-corrected chi connectivity index (χ2v) is 5.92. The third-order valence-corrected chi connectivity index (χ3v) is 3.83. The summed E-state index contributed by atoms with van der Waals surface area (Å²) in [6.45, 7) is 4.90. The van der Waals surface area contributed by atoms with Gasteiger partial charge in [0.2, 0.25) is 0 Å². The summed E-state index contributed by atoms with van der Waals surface area (Å²) < 4.78 is 4.23. The van der Waals surface area contributed by atoms with Crippen LogP contribution in [-0.4, -0.2) is 20.4 Å². The number of nitrogens with zero attached hydrogens (tertiary/aromatic N) is 3. The van der Waals surface area contributed by atoms with Gasteiger partial charge in [0.15, 0.2) is 0 Å². The van der Waals surface area contributed by atoms with Crippen LogP contribution in [-0.2, 0) is 20.0 Å². The summed E-state index contributed by atoms with van der Waals surface area (Å²) in [5.41, 5.74) is 10.7. The maximum Gasteiger partial charge on any atom is 0.0645 e. The average molecular weight is 282 g/mol. The van der Waals surface area contributed by atoms with Crippen LogP contribution in [0.2, 0.25) is 0 Å². The largest absolute Gasteiger partial charge is 0.341 e. The Morgan fingerprint density at radius 3 is 2.71 bits per heavy atom. The van der Waals surface area contributed by atoms with Gasteiger partial charge >= 0.3 is 0 Å². The van der Waals surface area contributed by atoms with Crippen molar-refractivity contribution in [3.8, 4) is 0 Å². The Balaban J connectivity index is 1.96. The van der Waals surface area contributed by atoms with Gasteiger partial charge in [-0.3, -0.25) is 4.68 Å². The Kier molecular flexibility index (Phi) is 3.55. The minimum atomic E-state index is 0.186. The minimum absolute atomic E-state index is 0.186. The Hall–Kier alpha value is -2.07. The number of aryl methyl sites for hydroxylation is 2. The zero-order valence-electron chi connectivity index (χ0n) is 12.9. The van der Waals surface area contributed by atoms with Crippen LogP contribution in [0, 0.1) is 6.92 Å². The van der Waals surface area contributed by atoms with E-state index in [-0.39, 0.29) is 6.04 Å². The van der Waals surface area contributed by atoms with Gasteiger partial charge < -0.3 is 10.3 Å². The van der Waals surface area contributed by atoms with Crippen molar-refractivity contribution in [3.63, 3.8) is 0 Å². The predicted octanol–water partition coefficient (Wildman–Crippen LogP) is 2.62. The number of benzene rings is 1. The number of aromatic nitrogens is 3. The Morgan fingerprint density at radius 1 is 1.24 bits per heavy atom. The van der Waals surface area contributed by atoms with Gasteiger partial charge in [0.05, 0.1) is 17.9 Å². The normalized spacial score (nSPS) is 13.0. The van der Waals surface area contributed by atoms with Gasteiger partial charge in [-0.1, -0.05) is 12.1 Å². The molecule has 0 fully saturated rings. The monoisotopic (exact) mass is 282 g/mol. The van der Waals surface area contributed by atoms with E-state index in [2.05, 4.69) is 46.2 Å². The van der Waals surface area contributed by atoms with E-state index in [1.165, 1.54) is 22.2 Å². The van der Waals surface area contributed by atoms with Gasteiger partial charge in [-0.2, -0.15) is 5.10 Å². The molecule has 0 saturated carbocycles. The van der Waals surface area contributed by atoms with E-state index in [4.69, 9.17) is 5.73 Å². The van der Waals surface area contributed by atoms with Crippen LogP contribution in [0.4, 0.5) is 0 Å². The summed E-state index contributed by atoms with van der Waals surface area (Å²) in [7, 11) is 2.00. The van der Waals surface area contributed by atoms with Crippen LogP contribution < -0.4 is 5.73 Å². The summed E-state index contributed by atoms with van der Waals surface area (Å²) in [4.78, 5) is 0. The van der Waals surface area contributed by atoms with Gasteiger partial charge in [-0.15, -0.1) is 0 Å². The van der Waals surface area contributed by atoms with E-state index in [1.807, 2.05) is 25.6 Å². The highest BCUT2D eigenvalue weighted by Gasteiger charge is 2.07. The average Bonchev–Trinajstić information content (AvgIpc) is 2.93. The van der Waals surface area contributed by atoms with Crippen molar-refractivity contribution in [2.24, 2.45) is 12.8 Å². The molecule has 1 atom stereocenters. The number of nitrogens with two attached hydrogens (primary N) is 1. The molecule has 0 aliphatic rings. The van der Waals surface area contributed by atoms with Crippen LogP contribution in [0.5, 0.6) is 0 Å². The third kappa shape index (κ3) is 2.85. The number of hydrogen-bond acceptors (Lipinski definition) is 2. The first kappa shape index (κ1) is 13.9. The topological polar surface area (TPSA) is 48.8 Å². The highest BCUT2D eigenvalue weighted by molar-refractivity contribution is 5.81. The molecule has 3 aromatic rings. The Labute approximate surface area is 125 Å². The molecule has 110 valence electrons. The van der Waals surface area contributed by atoms with Crippen molar-refractivity contribution in [3.05, 3.63) is 53.5 Å². The van der Waals surface area contributed by atoms with Crippen LogP contribution in [0.3, 0.4) is 0 Å². The van der Waals surface area contributed by atoms with Crippen LogP contribution in [0.25, 0.3) is 10.9 Å². The molecule has 0 aliphatic heterocycles. The number of hydrogen-bond donors (Lipinski definition) is 1. The van der Waals surface area contributed by atoms with Gasteiger partial charge in [0, 0.05) is 24.8 Å². The van der Waals surface area contributed by atoms with Crippen molar-refractivity contribution in [1.82, 2.24) is 14.3 Å². The summed E-state index contributed by atoms with van der Waals surface area (Å²) in [5.74, 6) is 0. The first-order chi connectivity index (χ1) is 10.0. The fraction of sp³-hybridized carbons (Fsp3) is 0.353. The molecule has 2 aromatic heterocycles. The lowest BCUT2D eigenvalue weighted by molar-refractivity contribution is 0.672. The first-order valence-electron chi connectivity index (χ1n) is 7.36. The minimum Gasteiger partial charge on any atom is -0.341 e. The smallest absolute Gasteiger partial charge is 0.0645 e. The standard InChI is InChI=1S/C17H22N4/c1-12(18)8-14-4-5-15-6-7-21(17(15)10-14)11-16-9-13(2)19-20(16)3/h4-7,9-10,12H,8,11,18H2,1-3H3. The lowest BCUT2D eigenvalue weighted by Gasteiger charge is -2.09. The van der Waals surface area contributed by atoms with Gasteiger partial charge in [0.1, 0.15) is 0 Å². The zero-order chi connectivity index (χ0) is 15.0. The van der Waals surface area contributed by atoms with E-state index < -0.39 is 0 Å². The molecule has 0 amide bonds. The molecule has 0 spiro atoms. The molecule has 0 aliphatic carbocycles. The Bertz CT molecular complexity index is 764. The van der Waals surface area contributed by atoms with E-state index >= 15 is 0 Å². The van der Waals surface area contributed by atoms with Crippen molar-refractivity contribution in [2.75, 3.05) is 0 Å². The maximum absolute atomic E-state index is 5.91. The van der Waals surface area contributed by atoms with Gasteiger partial charge in [0.25, 0.3) is 0 Å². The fourth-order valence-electron chi connectivity index (χ4n) is 2.85. The molecule has 2 N–H and O–H groups in total. The molecule has 4 nitrogen and oxygen atoms in total. The van der Waals surface area contributed by atoms with Crippen LogP contribution >= 0.6 is 0 Å².